The first-order chi connectivity index (χ1) is 11.9. The molecule has 3 N–H and O–H groups in total. The number of aromatic nitrogens is 2. The first-order valence-corrected chi connectivity index (χ1v) is 8.21. The van der Waals surface area contributed by atoms with Crippen molar-refractivity contribution in [2.24, 2.45) is 0 Å². The number of ketones is 1. The van der Waals surface area contributed by atoms with Gasteiger partial charge in [-0.3, -0.25) is 19.1 Å². The summed E-state index contributed by atoms with van der Waals surface area (Å²) < 4.78 is 1.36. The van der Waals surface area contributed by atoms with Gasteiger partial charge in [-0.25, -0.2) is 0 Å². The van der Waals surface area contributed by atoms with Crippen LogP contribution < -0.4 is 10.9 Å². The Kier molecular flexibility index (Phi) is 4.61. The molecule has 0 spiro atoms. The number of nitrogens with one attached hydrogen (secondary N) is 2. The summed E-state index contributed by atoms with van der Waals surface area (Å²) in [7, 11) is 0. The summed E-state index contributed by atoms with van der Waals surface area (Å²) in [5, 5.41) is 13.4. The zero-order valence-corrected chi connectivity index (χ0v) is 14.5. The number of Topliss-reactive ketones (excluding diaryl/α,β-unsaturated/α-hetero) is 1. The first kappa shape index (κ1) is 17.2. The van der Waals surface area contributed by atoms with E-state index in [9.17, 15) is 14.7 Å². The molecular formula is C17H14ClN3O3S. The van der Waals surface area contributed by atoms with Crippen LogP contribution in [-0.2, 0) is 6.54 Å². The van der Waals surface area contributed by atoms with E-state index >= 15 is 0 Å². The molecule has 0 bridgehead atoms. The fourth-order valence-electron chi connectivity index (χ4n) is 2.59. The van der Waals surface area contributed by atoms with Crippen LogP contribution in [-0.4, -0.2) is 25.9 Å². The van der Waals surface area contributed by atoms with E-state index in [1.165, 1.54) is 16.7 Å². The van der Waals surface area contributed by atoms with Gasteiger partial charge in [-0.2, -0.15) is 0 Å². The number of benzene rings is 1. The predicted octanol–water partition coefficient (Wildman–Crippen LogP) is 3.05. The number of fused-ring (bicyclic) bond motifs is 1. The number of hydrogen-bond acceptors (Lipinski definition) is 5. The molecule has 3 rings (SSSR count). The van der Waals surface area contributed by atoms with Crippen LogP contribution in [0, 0.1) is 4.77 Å². The lowest BCUT2D eigenvalue weighted by Crippen LogP contribution is -2.28. The molecule has 25 heavy (non-hydrogen) atoms. The van der Waals surface area contributed by atoms with E-state index in [2.05, 4.69) is 16.9 Å². The third kappa shape index (κ3) is 3.04. The summed E-state index contributed by atoms with van der Waals surface area (Å²) in [5.41, 5.74) is -0.317. The van der Waals surface area contributed by atoms with Crippen LogP contribution >= 0.6 is 23.8 Å². The number of rotatable bonds is 3. The van der Waals surface area contributed by atoms with Crippen molar-refractivity contribution in [1.82, 2.24) is 9.55 Å². The number of H-pyrrole nitrogens is 1. The minimum absolute atomic E-state index is 0.0606. The Morgan fingerprint density at radius 3 is 2.80 bits per heavy atom. The molecule has 128 valence electrons. The van der Waals surface area contributed by atoms with Crippen LogP contribution in [0.25, 0.3) is 6.08 Å². The Bertz CT molecular complexity index is 1020. The maximum absolute atomic E-state index is 12.7. The van der Waals surface area contributed by atoms with E-state index in [0.29, 0.717) is 11.3 Å². The van der Waals surface area contributed by atoms with Crippen molar-refractivity contribution in [2.45, 2.75) is 12.0 Å². The summed E-state index contributed by atoms with van der Waals surface area (Å²) in [4.78, 5) is 27.4. The molecule has 0 radical (unpaired) electrons. The van der Waals surface area contributed by atoms with Crippen LogP contribution in [0.2, 0.25) is 0 Å². The number of aromatic amines is 1. The fourth-order valence-corrected chi connectivity index (χ4v) is 3.12. The summed E-state index contributed by atoms with van der Waals surface area (Å²) in [6, 6.07) is 6.93. The SMILES string of the molecule is C=CCn1c(O)c(C=C2C(=O)c3ccccc3NC2Cl)c(=O)[nH]c1=S. The fraction of sp³-hybridized carbons (Fsp3) is 0.118. The molecule has 0 fully saturated rings. The number of hydrogen-bond donors (Lipinski definition) is 3. The van der Waals surface area contributed by atoms with Crippen molar-refractivity contribution in [2.75, 3.05) is 5.32 Å². The average Bonchev–Trinajstić information content (AvgIpc) is 2.57. The van der Waals surface area contributed by atoms with Crippen LogP contribution in [0.15, 0.2) is 47.3 Å². The lowest BCUT2D eigenvalue weighted by atomic mass is 9.96. The number of halogens is 1. The van der Waals surface area contributed by atoms with Gasteiger partial charge in [0.15, 0.2) is 10.6 Å². The van der Waals surface area contributed by atoms with E-state index in [0.717, 1.165) is 0 Å². The van der Waals surface area contributed by atoms with Gasteiger partial charge in [-0.15, -0.1) is 6.58 Å². The van der Waals surface area contributed by atoms with Crippen molar-refractivity contribution in [1.29, 1.82) is 0 Å². The largest absolute Gasteiger partial charge is 0.494 e. The maximum atomic E-state index is 12.7. The van der Waals surface area contributed by atoms with Crippen LogP contribution in [0.1, 0.15) is 15.9 Å². The zero-order valence-electron chi connectivity index (χ0n) is 13.0. The molecule has 1 atom stereocenters. The van der Waals surface area contributed by atoms with Crippen molar-refractivity contribution in [3.05, 3.63) is 68.7 Å². The number of para-hydroxylation sites is 1. The third-order valence-electron chi connectivity index (χ3n) is 3.81. The number of aromatic hydroxyl groups is 1. The Balaban J connectivity index is 2.17. The van der Waals surface area contributed by atoms with E-state index in [1.54, 1.807) is 24.3 Å². The summed E-state index contributed by atoms with van der Waals surface area (Å²) >= 11 is 11.3. The van der Waals surface area contributed by atoms with E-state index in [4.69, 9.17) is 23.8 Å². The van der Waals surface area contributed by atoms with Crippen molar-refractivity contribution in [3.8, 4) is 5.88 Å². The molecule has 1 unspecified atom stereocenters. The maximum Gasteiger partial charge on any atom is 0.262 e. The normalized spacial score (nSPS) is 17.9. The molecule has 8 heteroatoms. The van der Waals surface area contributed by atoms with Crippen LogP contribution in [0.3, 0.4) is 0 Å². The topological polar surface area (TPSA) is 87.1 Å². The summed E-state index contributed by atoms with van der Waals surface area (Å²) in [5.74, 6) is -0.664. The van der Waals surface area contributed by atoms with Crippen LogP contribution in [0.5, 0.6) is 5.88 Å². The van der Waals surface area contributed by atoms with Gasteiger partial charge < -0.3 is 10.4 Å². The second-order valence-corrected chi connectivity index (χ2v) is 6.20. The molecule has 0 saturated heterocycles. The molecule has 0 saturated carbocycles. The second-order valence-electron chi connectivity index (χ2n) is 5.38. The van der Waals surface area contributed by atoms with Gasteiger partial charge in [-0.05, 0) is 30.4 Å². The van der Waals surface area contributed by atoms with Crippen molar-refractivity contribution < 1.29 is 9.90 Å². The first-order valence-electron chi connectivity index (χ1n) is 7.37. The number of allylic oxidation sites excluding steroid dienone is 1. The summed E-state index contributed by atoms with van der Waals surface area (Å²) in [6.07, 6.45) is 2.81. The Morgan fingerprint density at radius 2 is 2.08 bits per heavy atom. The lowest BCUT2D eigenvalue weighted by molar-refractivity contribution is 0.103. The highest BCUT2D eigenvalue weighted by Gasteiger charge is 2.29. The zero-order chi connectivity index (χ0) is 18.1. The smallest absolute Gasteiger partial charge is 0.262 e. The Morgan fingerprint density at radius 1 is 1.36 bits per heavy atom. The van der Waals surface area contributed by atoms with Gasteiger partial charge in [0, 0.05) is 23.4 Å². The standard InChI is InChI=1S/C17H14ClN3O3S/c1-2-7-21-16(24)11(15(23)20-17(21)25)8-10-13(22)9-5-3-4-6-12(9)19-14(10)18/h2-6,8,14,19,24H,1,7H2,(H,20,23,25). The number of alkyl halides is 1. The predicted molar refractivity (Wildman–Crippen MR) is 99.8 cm³/mol. The summed E-state index contributed by atoms with van der Waals surface area (Å²) in [6.45, 7) is 3.79. The van der Waals surface area contributed by atoms with Crippen LogP contribution in [0.4, 0.5) is 5.69 Å². The number of carbonyl (C=O) groups is 1. The quantitative estimate of drug-likeness (QED) is 0.252. The van der Waals surface area contributed by atoms with Crippen molar-refractivity contribution >= 4 is 41.4 Å². The van der Waals surface area contributed by atoms with Gasteiger partial charge in [0.05, 0.1) is 0 Å². The third-order valence-corrected chi connectivity index (χ3v) is 4.47. The highest BCUT2D eigenvalue weighted by Crippen LogP contribution is 2.31. The number of carbonyl (C=O) groups excluding carboxylic acids is 1. The minimum Gasteiger partial charge on any atom is -0.494 e. The molecule has 2 aromatic rings. The van der Waals surface area contributed by atoms with E-state index in [1.807, 2.05) is 0 Å². The van der Waals surface area contributed by atoms with Gasteiger partial charge in [0.2, 0.25) is 5.88 Å². The van der Waals surface area contributed by atoms with E-state index in [-0.39, 0.29) is 34.1 Å². The minimum atomic E-state index is -0.836. The Hall–Kier alpha value is -2.64. The lowest BCUT2D eigenvalue weighted by Gasteiger charge is -2.24. The molecule has 1 aromatic carbocycles. The monoisotopic (exact) mass is 375 g/mol. The molecule has 0 aliphatic carbocycles. The molecule has 6 nitrogen and oxygen atoms in total. The highest BCUT2D eigenvalue weighted by molar-refractivity contribution is 7.71. The van der Waals surface area contributed by atoms with Gasteiger partial charge >= 0.3 is 0 Å². The molecule has 0 amide bonds. The van der Waals surface area contributed by atoms with Crippen molar-refractivity contribution in [3.63, 3.8) is 0 Å². The Labute approximate surface area is 153 Å². The average molecular weight is 376 g/mol. The second kappa shape index (κ2) is 6.70. The number of nitrogens with zero attached hydrogens (tertiary/aromatic N) is 1. The van der Waals surface area contributed by atoms with Gasteiger partial charge in [-0.1, -0.05) is 29.8 Å². The van der Waals surface area contributed by atoms with Gasteiger partial charge in [0.1, 0.15) is 11.1 Å². The van der Waals surface area contributed by atoms with Gasteiger partial charge in [0.25, 0.3) is 5.56 Å². The highest BCUT2D eigenvalue weighted by atomic mass is 35.5. The molecule has 1 aliphatic rings. The molecule has 2 heterocycles. The molecule has 1 aromatic heterocycles. The number of anilines is 1. The molecular weight excluding hydrogens is 362 g/mol. The molecule has 1 aliphatic heterocycles. The van der Waals surface area contributed by atoms with E-state index < -0.39 is 11.1 Å².